The molecule has 1 heterocycles. The third-order valence-corrected chi connectivity index (χ3v) is 2.76. The number of halogens is 2. The van der Waals surface area contributed by atoms with Crippen LogP contribution in [-0.4, -0.2) is 11.3 Å². The lowest BCUT2D eigenvalue weighted by Gasteiger charge is -1.73. The van der Waals surface area contributed by atoms with Gasteiger partial charge in [-0.25, -0.2) is 4.98 Å². The van der Waals surface area contributed by atoms with E-state index in [1.807, 2.05) is 22.6 Å². The highest BCUT2D eigenvalue weighted by Gasteiger charge is 2.04. The molecule has 48 valence electrons. The Morgan fingerprint density at radius 3 is 2.67 bits per heavy atom. The fourth-order valence-corrected chi connectivity index (χ4v) is 2.25. The second-order valence-electron chi connectivity index (χ2n) is 1.24. The van der Waals surface area contributed by atoms with Crippen molar-refractivity contribution >= 4 is 51.8 Å². The van der Waals surface area contributed by atoms with E-state index in [2.05, 4.69) is 4.98 Å². The highest BCUT2D eigenvalue weighted by molar-refractivity contribution is 14.1. The van der Waals surface area contributed by atoms with E-state index in [1.165, 1.54) is 11.3 Å². The van der Waals surface area contributed by atoms with Gasteiger partial charge in [0.25, 0.3) is 0 Å². The number of carbonyl (C=O) groups excluding carboxylic acids is 1. The molecule has 1 aromatic rings. The number of aromatic nitrogens is 1. The number of hydrogen-bond acceptors (Lipinski definition) is 3. The quantitative estimate of drug-likeness (QED) is 0.580. The normalized spacial score (nSPS) is 9.56. The van der Waals surface area contributed by atoms with E-state index in [1.54, 1.807) is 0 Å². The lowest BCUT2D eigenvalue weighted by molar-refractivity contribution is 0.112. The van der Waals surface area contributed by atoms with Crippen molar-refractivity contribution in [2.75, 3.05) is 0 Å². The molecule has 9 heavy (non-hydrogen) atoms. The zero-order chi connectivity index (χ0) is 6.85. The van der Waals surface area contributed by atoms with Gasteiger partial charge in [0.05, 0.1) is 0 Å². The molecule has 0 radical (unpaired) electrons. The summed E-state index contributed by atoms with van der Waals surface area (Å²) in [5.41, 5.74) is 0. The van der Waals surface area contributed by atoms with Crippen molar-refractivity contribution in [2.24, 2.45) is 0 Å². The molecular formula is C4HClINOS. The van der Waals surface area contributed by atoms with Crippen molar-refractivity contribution in [3.63, 3.8) is 0 Å². The van der Waals surface area contributed by atoms with Gasteiger partial charge >= 0.3 is 0 Å². The van der Waals surface area contributed by atoms with Crippen LogP contribution in [0.4, 0.5) is 0 Å². The van der Waals surface area contributed by atoms with E-state index in [9.17, 15) is 4.79 Å². The van der Waals surface area contributed by atoms with Gasteiger partial charge in [0, 0.05) is 0 Å². The SMILES string of the molecule is O=Cc1sc(I)nc1Cl. The number of carbonyl (C=O) groups is 1. The first-order valence-electron chi connectivity index (χ1n) is 2.01. The number of hydrogen-bond donors (Lipinski definition) is 0. The van der Waals surface area contributed by atoms with Crippen molar-refractivity contribution in [1.82, 2.24) is 4.98 Å². The molecule has 0 aliphatic rings. The first-order chi connectivity index (χ1) is 4.24. The van der Waals surface area contributed by atoms with E-state index in [0.717, 1.165) is 3.01 Å². The van der Waals surface area contributed by atoms with E-state index < -0.39 is 0 Å². The Balaban J connectivity index is 3.15. The van der Waals surface area contributed by atoms with Crippen LogP contribution in [0.2, 0.25) is 5.15 Å². The van der Waals surface area contributed by atoms with Crippen LogP contribution in [0.15, 0.2) is 0 Å². The van der Waals surface area contributed by atoms with Crippen LogP contribution in [0.1, 0.15) is 9.67 Å². The second kappa shape index (κ2) is 2.94. The van der Waals surface area contributed by atoms with Crippen molar-refractivity contribution in [1.29, 1.82) is 0 Å². The standard InChI is InChI=1S/C4HClINOS/c5-3-2(1-8)9-4(6)7-3/h1H. The lowest BCUT2D eigenvalue weighted by Crippen LogP contribution is -1.70. The predicted octanol–water partition coefficient (Wildman–Crippen LogP) is 2.21. The number of thiazole rings is 1. The van der Waals surface area contributed by atoms with Crippen LogP contribution in [0.25, 0.3) is 0 Å². The third kappa shape index (κ3) is 1.62. The molecule has 0 fully saturated rings. The average molecular weight is 273 g/mol. The Labute approximate surface area is 74.4 Å². The van der Waals surface area contributed by atoms with Crippen molar-refractivity contribution < 1.29 is 4.79 Å². The van der Waals surface area contributed by atoms with Gasteiger partial charge in [-0.05, 0) is 22.6 Å². The number of rotatable bonds is 1. The van der Waals surface area contributed by atoms with Gasteiger partial charge < -0.3 is 0 Å². The third-order valence-electron chi connectivity index (χ3n) is 0.691. The van der Waals surface area contributed by atoms with Crippen LogP contribution < -0.4 is 0 Å². The van der Waals surface area contributed by atoms with Gasteiger partial charge in [-0.2, -0.15) is 0 Å². The molecule has 5 heteroatoms. The molecule has 0 aliphatic heterocycles. The number of aldehydes is 1. The summed E-state index contributed by atoms with van der Waals surface area (Å²) < 4.78 is 0.791. The first-order valence-corrected chi connectivity index (χ1v) is 4.28. The summed E-state index contributed by atoms with van der Waals surface area (Å²) in [6.07, 6.45) is 0.710. The molecule has 0 bridgehead atoms. The molecule has 1 rings (SSSR count). The summed E-state index contributed by atoms with van der Waals surface area (Å²) in [4.78, 5) is 14.4. The summed E-state index contributed by atoms with van der Waals surface area (Å²) in [6, 6.07) is 0. The van der Waals surface area contributed by atoms with Gasteiger partial charge in [0.1, 0.15) is 4.88 Å². The Morgan fingerprint density at radius 2 is 2.44 bits per heavy atom. The zero-order valence-electron chi connectivity index (χ0n) is 4.10. The van der Waals surface area contributed by atoms with Crippen molar-refractivity contribution in [2.45, 2.75) is 0 Å². The molecule has 2 nitrogen and oxygen atoms in total. The molecule has 0 saturated heterocycles. The van der Waals surface area contributed by atoms with Crippen molar-refractivity contribution in [3.8, 4) is 0 Å². The summed E-state index contributed by atoms with van der Waals surface area (Å²) in [7, 11) is 0. The van der Waals surface area contributed by atoms with E-state index in [0.29, 0.717) is 16.3 Å². The Morgan fingerprint density at radius 1 is 1.78 bits per heavy atom. The van der Waals surface area contributed by atoms with Gasteiger partial charge in [-0.15, -0.1) is 11.3 Å². The van der Waals surface area contributed by atoms with E-state index >= 15 is 0 Å². The first kappa shape index (κ1) is 7.43. The van der Waals surface area contributed by atoms with E-state index in [4.69, 9.17) is 11.6 Å². The minimum absolute atomic E-state index is 0.305. The molecule has 0 aromatic carbocycles. The summed E-state index contributed by atoms with van der Waals surface area (Å²) in [5.74, 6) is 0. The predicted molar refractivity (Wildman–Crippen MR) is 45.2 cm³/mol. The molecule has 0 amide bonds. The van der Waals surface area contributed by atoms with Gasteiger partial charge in [-0.3, -0.25) is 4.79 Å². The average Bonchev–Trinajstić information content (AvgIpc) is 2.10. The maximum atomic E-state index is 10.1. The Hall–Kier alpha value is 0.320. The van der Waals surface area contributed by atoms with Gasteiger partial charge in [-0.1, -0.05) is 11.6 Å². The maximum absolute atomic E-state index is 10.1. The smallest absolute Gasteiger partial charge is 0.163 e. The van der Waals surface area contributed by atoms with Crippen LogP contribution >= 0.6 is 45.5 Å². The minimum atomic E-state index is 0.305. The Bertz CT molecular complexity index is 236. The molecule has 0 aliphatic carbocycles. The summed E-state index contributed by atoms with van der Waals surface area (Å²) in [5, 5.41) is 0.305. The van der Waals surface area contributed by atoms with Crippen LogP contribution in [0.3, 0.4) is 0 Å². The highest BCUT2D eigenvalue weighted by atomic mass is 127. The monoisotopic (exact) mass is 273 g/mol. The molecular weight excluding hydrogens is 272 g/mol. The minimum Gasteiger partial charge on any atom is -0.297 e. The molecule has 0 saturated carbocycles. The second-order valence-corrected chi connectivity index (χ2v) is 4.38. The summed E-state index contributed by atoms with van der Waals surface area (Å²) >= 11 is 8.81. The number of nitrogens with zero attached hydrogens (tertiary/aromatic N) is 1. The van der Waals surface area contributed by atoms with Gasteiger partial charge in [0.2, 0.25) is 0 Å². The highest BCUT2D eigenvalue weighted by Crippen LogP contribution is 2.21. The Kier molecular flexibility index (Phi) is 2.42. The fraction of sp³-hybridized carbons (Fsp3) is 0. The van der Waals surface area contributed by atoms with Crippen LogP contribution in [0.5, 0.6) is 0 Å². The van der Waals surface area contributed by atoms with Gasteiger partial charge in [0.15, 0.2) is 14.5 Å². The lowest BCUT2D eigenvalue weighted by atomic mass is 10.6. The molecule has 0 spiro atoms. The molecule has 0 unspecified atom stereocenters. The van der Waals surface area contributed by atoms with E-state index in [-0.39, 0.29) is 0 Å². The maximum Gasteiger partial charge on any atom is 0.163 e. The molecule has 0 N–H and O–H groups in total. The topological polar surface area (TPSA) is 30.0 Å². The fourth-order valence-electron chi connectivity index (χ4n) is 0.361. The molecule has 1 aromatic heterocycles. The molecule has 0 atom stereocenters. The van der Waals surface area contributed by atoms with Crippen LogP contribution in [0, 0.1) is 3.01 Å². The van der Waals surface area contributed by atoms with Crippen molar-refractivity contribution in [3.05, 3.63) is 13.0 Å². The van der Waals surface area contributed by atoms with Crippen LogP contribution in [-0.2, 0) is 0 Å². The largest absolute Gasteiger partial charge is 0.297 e. The zero-order valence-corrected chi connectivity index (χ0v) is 7.83. The summed E-state index contributed by atoms with van der Waals surface area (Å²) in [6.45, 7) is 0.